The van der Waals surface area contributed by atoms with Gasteiger partial charge in [0.15, 0.2) is 0 Å². The van der Waals surface area contributed by atoms with E-state index in [2.05, 4.69) is 5.32 Å². The largest absolute Gasteiger partial charge is 0.481 e. The van der Waals surface area contributed by atoms with Crippen LogP contribution in [0.2, 0.25) is 0 Å². The fourth-order valence-corrected chi connectivity index (χ4v) is 2.46. The Labute approximate surface area is 183 Å². The van der Waals surface area contributed by atoms with Crippen molar-refractivity contribution < 1.29 is 49.2 Å². The molecule has 32 heavy (non-hydrogen) atoms. The van der Waals surface area contributed by atoms with Crippen molar-refractivity contribution >= 4 is 35.6 Å². The average Bonchev–Trinajstić information content (AvgIpc) is 2.68. The summed E-state index contributed by atoms with van der Waals surface area (Å²) >= 11 is 0. The van der Waals surface area contributed by atoms with Crippen molar-refractivity contribution in [3.05, 3.63) is 0 Å². The number of nitrogens with one attached hydrogen (secondary N) is 3. The molecule has 0 spiro atoms. The highest BCUT2D eigenvalue weighted by molar-refractivity contribution is 5.96. The first kappa shape index (κ1) is 28.7. The molecule has 3 amide bonds. The van der Waals surface area contributed by atoms with Crippen LogP contribution in [0.25, 0.3) is 0 Å². The smallest absolute Gasteiger partial charge is 0.326 e. The standard InChI is InChI=1S/C18H30N4O10/c1-4-7(2)13(19)16(29)20-9(5-11(24)25)15(28)22-14(8(3)23)17(30)21-10(18(31)32)6-12(26)27/h7-10,13-14,23H,4-6,19H2,1-3H3,(H,20,29)(H,21,30)(H,22,28)(H,24,25)(H,26,27)(H,31,32). The average molecular weight is 462 g/mol. The van der Waals surface area contributed by atoms with E-state index in [9.17, 15) is 33.9 Å². The van der Waals surface area contributed by atoms with Crippen LogP contribution in [0.5, 0.6) is 0 Å². The quantitative estimate of drug-likeness (QED) is 0.131. The molecule has 14 nitrogen and oxygen atoms in total. The SMILES string of the molecule is CCC(C)C(N)C(=O)NC(CC(=O)O)C(=O)NC(C(=O)NC(CC(=O)O)C(=O)O)C(C)O. The number of aliphatic hydroxyl groups excluding tert-OH is 1. The van der Waals surface area contributed by atoms with E-state index in [1.54, 1.807) is 13.8 Å². The maximum Gasteiger partial charge on any atom is 0.326 e. The molecular formula is C18H30N4O10. The summed E-state index contributed by atoms with van der Waals surface area (Å²) in [7, 11) is 0. The molecule has 0 aliphatic heterocycles. The summed E-state index contributed by atoms with van der Waals surface area (Å²) in [6.45, 7) is 4.54. The minimum Gasteiger partial charge on any atom is -0.481 e. The zero-order chi connectivity index (χ0) is 25.2. The number of aliphatic hydroxyl groups is 1. The first-order valence-corrected chi connectivity index (χ1v) is 9.72. The van der Waals surface area contributed by atoms with Crippen LogP contribution in [-0.2, 0) is 28.8 Å². The van der Waals surface area contributed by atoms with Crippen LogP contribution < -0.4 is 21.7 Å². The Morgan fingerprint density at radius 1 is 0.781 bits per heavy atom. The summed E-state index contributed by atoms with van der Waals surface area (Å²) in [4.78, 5) is 70.2. The molecule has 0 radical (unpaired) electrons. The van der Waals surface area contributed by atoms with E-state index in [1.807, 2.05) is 10.6 Å². The van der Waals surface area contributed by atoms with Crippen molar-refractivity contribution in [3.63, 3.8) is 0 Å². The Morgan fingerprint density at radius 2 is 1.25 bits per heavy atom. The fraction of sp³-hybridized carbons (Fsp3) is 0.667. The van der Waals surface area contributed by atoms with Crippen molar-refractivity contribution in [1.82, 2.24) is 16.0 Å². The van der Waals surface area contributed by atoms with Gasteiger partial charge in [0.2, 0.25) is 17.7 Å². The number of carbonyl (C=O) groups is 6. The number of carboxylic acids is 3. The van der Waals surface area contributed by atoms with E-state index in [1.165, 1.54) is 0 Å². The molecule has 0 aromatic rings. The molecular weight excluding hydrogens is 432 g/mol. The van der Waals surface area contributed by atoms with Crippen LogP contribution in [0.1, 0.15) is 40.0 Å². The first-order chi connectivity index (χ1) is 14.7. The van der Waals surface area contributed by atoms with E-state index < -0.39 is 78.7 Å². The molecule has 0 saturated heterocycles. The van der Waals surface area contributed by atoms with Gasteiger partial charge in [-0.1, -0.05) is 20.3 Å². The molecule has 0 aliphatic carbocycles. The Bertz CT molecular complexity index is 727. The lowest BCUT2D eigenvalue weighted by Crippen LogP contribution is -2.60. The van der Waals surface area contributed by atoms with Gasteiger partial charge in [0.1, 0.15) is 18.1 Å². The van der Waals surface area contributed by atoms with Gasteiger partial charge >= 0.3 is 17.9 Å². The number of aliphatic carboxylic acids is 3. The molecule has 6 unspecified atom stereocenters. The maximum absolute atomic E-state index is 12.6. The van der Waals surface area contributed by atoms with Gasteiger partial charge in [0.25, 0.3) is 0 Å². The van der Waals surface area contributed by atoms with E-state index in [-0.39, 0.29) is 5.92 Å². The van der Waals surface area contributed by atoms with Crippen LogP contribution in [0.15, 0.2) is 0 Å². The summed E-state index contributed by atoms with van der Waals surface area (Å²) < 4.78 is 0. The molecule has 6 atom stereocenters. The number of carbonyl (C=O) groups excluding carboxylic acids is 3. The van der Waals surface area contributed by atoms with Crippen LogP contribution in [0.4, 0.5) is 0 Å². The number of nitrogens with two attached hydrogens (primary N) is 1. The predicted molar refractivity (Wildman–Crippen MR) is 107 cm³/mol. The Hall–Kier alpha value is -3.26. The third kappa shape index (κ3) is 9.70. The van der Waals surface area contributed by atoms with E-state index >= 15 is 0 Å². The highest BCUT2D eigenvalue weighted by Gasteiger charge is 2.34. The normalized spacial score (nSPS) is 16.4. The molecule has 0 fully saturated rings. The summed E-state index contributed by atoms with van der Waals surface area (Å²) in [6, 6.07) is -6.30. The van der Waals surface area contributed by atoms with Gasteiger partial charge in [-0.2, -0.15) is 0 Å². The van der Waals surface area contributed by atoms with Gasteiger partial charge < -0.3 is 42.1 Å². The second-order valence-electron chi connectivity index (χ2n) is 7.29. The van der Waals surface area contributed by atoms with E-state index in [0.717, 1.165) is 6.92 Å². The third-order valence-electron chi connectivity index (χ3n) is 4.63. The van der Waals surface area contributed by atoms with E-state index in [0.29, 0.717) is 6.42 Å². The fourth-order valence-electron chi connectivity index (χ4n) is 2.46. The minimum atomic E-state index is -1.85. The lowest BCUT2D eigenvalue weighted by Gasteiger charge is -2.26. The van der Waals surface area contributed by atoms with Crippen LogP contribution in [0, 0.1) is 5.92 Å². The maximum atomic E-state index is 12.6. The lowest BCUT2D eigenvalue weighted by molar-refractivity contribution is -0.148. The summed E-state index contributed by atoms with van der Waals surface area (Å²) in [5, 5.41) is 42.8. The van der Waals surface area contributed by atoms with Gasteiger partial charge in [0.05, 0.1) is 25.0 Å². The summed E-state index contributed by atoms with van der Waals surface area (Å²) in [5.74, 6) is -8.08. The molecule has 0 aliphatic rings. The highest BCUT2D eigenvalue weighted by atomic mass is 16.4. The predicted octanol–water partition coefficient (Wildman–Crippen LogP) is -2.77. The zero-order valence-electron chi connectivity index (χ0n) is 17.9. The third-order valence-corrected chi connectivity index (χ3v) is 4.63. The zero-order valence-corrected chi connectivity index (χ0v) is 17.9. The summed E-state index contributed by atoms with van der Waals surface area (Å²) in [6.07, 6.45) is -2.88. The topological polar surface area (TPSA) is 245 Å². The summed E-state index contributed by atoms with van der Waals surface area (Å²) in [5.41, 5.74) is 5.77. The monoisotopic (exact) mass is 462 g/mol. The molecule has 0 bridgehead atoms. The first-order valence-electron chi connectivity index (χ1n) is 9.72. The van der Waals surface area contributed by atoms with Gasteiger partial charge in [0, 0.05) is 0 Å². The Kier molecular flexibility index (Phi) is 11.9. The Balaban J connectivity index is 5.50. The Morgan fingerprint density at radius 3 is 1.66 bits per heavy atom. The number of hydrogen-bond acceptors (Lipinski definition) is 8. The second kappa shape index (κ2) is 13.2. The van der Waals surface area contributed by atoms with Crippen LogP contribution in [-0.4, -0.2) is 86.3 Å². The number of carboxylic acid groups (broad SMARTS) is 3. The van der Waals surface area contributed by atoms with E-state index in [4.69, 9.17) is 21.1 Å². The number of amides is 3. The van der Waals surface area contributed by atoms with Crippen LogP contribution >= 0.6 is 0 Å². The molecule has 14 heteroatoms. The van der Waals surface area contributed by atoms with Crippen molar-refractivity contribution in [3.8, 4) is 0 Å². The second-order valence-corrected chi connectivity index (χ2v) is 7.29. The number of hydrogen-bond donors (Lipinski definition) is 8. The van der Waals surface area contributed by atoms with Gasteiger partial charge in [-0.3, -0.25) is 24.0 Å². The molecule has 9 N–H and O–H groups in total. The van der Waals surface area contributed by atoms with Gasteiger partial charge in [-0.15, -0.1) is 0 Å². The number of rotatable bonds is 14. The van der Waals surface area contributed by atoms with Gasteiger partial charge in [-0.05, 0) is 12.8 Å². The molecule has 0 rings (SSSR count). The van der Waals surface area contributed by atoms with Crippen molar-refractivity contribution in [2.75, 3.05) is 0 Å². The van der Waals surface area contributed by atoms with Crippen molar-refractivity contribution in [2.45, 2.75) is 70.3 Å². The molecule has 0 aromatic heterocycles. The molecule has 182 valence electrons. The highest BCUT2D eigenvalue weighted by Crippen LogP contribution is 2.07. The lowest BCUT2D eigenvalue weighted by atomic mass is 9.99. The minimum absolute atomic E-state index is 0.276. The van der Waals surface area contributed by atoms with Crippen LogP contribution in [0.3, 0.4) is 0 Å². The van der Waals surface area contributed by atoms with Crippen molar-refractivity contribution in [1.29, 1.82) is 0 Å². The molecule has 0 heterocycles. The van der Waals surface area contributed by atoms with Crippen molar-refractivity contribution in [2.24, 2.45) is 11.7 Å². The van der Waals surface area contributed by atoms with Gasteiger partial charge in [-0.25, -0.2) is 4.79 Å². The molecule has 0 aromatic carbocycles. The molecule has 0 saturated carbocycles.